The molecule has 5 N–H and O–H groups in total. The lowest BCUT2D eigenvalue weighted by Gasteiger charge is -2.38. The van der Waals surface area contributed by atoms with E-state index in [9.17, 15) is 5.11 Å². The largest absolute Gasteiger partial charge is 0.507 e. The molecule has 1 fully saturated rings. The summed E-state index contributed by atoms with van der Waals surface area (Å²) in [5, 5.41) is 13.7. The van der Waals surface area contributed by atoms with Gasteiger partial charge in [-0.05, 0) is 58.2 Å². The number of phenols is 1. The fourth-order valence-corrected chi connectivity index (χ4v) is 4.07. The topological polar surface area (TPSA) is 126 Å². The number of halogens is 1. The summed E-state index contributed by atoms with van der Waals surface area (Å²) in [7, 11) is 0. The number of aromatic hydroxyl groups is 1. The number of anilines is 4. The predicted molar refractivity (Wildman–Crippen MR) is 135 cm³/mol. The number of hydrogen-bond acceptors (Lipinski definition) is 9. The minimum atomic E-state index is 0.178. The van der Waals surface area contributed by atoms with Crippen LogP contribution >= 0.6 is 15.9 Å². The van der Waals surface area contributed by atoms with Crippen LogP contribution in [0.25, 0.3) is 0 Å². The number of hydrogen-bond donors (Lipinski definition) is 3. The zero-order chi connectivity index (χ0) is 23.4. The number of oxime groups is 1. The number of piperazine rings is 1. The number of nitrogen functional groups attached to an aromatic ring is 2. The number of aromatic nitrogens is 2. The fourth-order valence-electron chi connectivity index (χ4n) is 3.82. The first-order valence-corrected chi connectivity index (χ1v) is 11.3. The van der Waals surface area contributed by atoms with Crippen molar-refractivity contribution in [3.63, 3.8) is 0 Å². The minimum absolute atomic E-state index is 0.178. The van der Waals surface area contributed by atoms with Crippen molar-refractivity contribution in [2.75, 3.05) is 47.4 Å². The lowest BCUT2D eigenvalue weighted by molar-refractivity contribution is 0.132. The molecule has 0 radical (unpaired) electrons. The number of phenolic OH excluding ortho intramolecular Hbond substituents is 1. The van der Waals surface area contributed by atoms with E-state index in [1.54, 1.807) is 18.3 Å². The molecular weight excluding hydrogens is 486 g/mol. The number of nitrogens with zero attached hydrogens (tertiary/aromatic N) is 5. The van der Waals surface area contributed by atoms with Crippen LogP contribution in [0.15, 0.2) is 52.1 Å². The molecule has 9 nitrogen and oxygen atoms in total. The Morgan fingerprint density at radius 1 is 1.06 bits per heavy atom. The van der Waals surface area contributed by atoms with Gasteiger partial charge in [-0.3, -0.25) is 0 Å². The summed E-state index contributed by atoms with van der Waals surface area (Å²) in [6.45, 7) is 5.55. The standard InChI is InChI=1S/C23H26BrN7O2/c1-15-21(22(25)29-23(26)28-15)31-10-8-30(9-11-31)18-5-2-16(3-6-18)13-27-33-14-17-4-7-19(24)20(32)12-17/h2-7,12-13,32H,8-11,14H2,1H3,(H4,25,26,28,29)/b27-13+. The normalized spacial score (nSPS) is 14.1. The van der Waals surface area contributed by atoms with E-state index in [1.807, 2.05) is 25.1 Å². The first-order valence-electron chi connectivity index (χ1n) is 10.5. The van der Waals surface area contributed by atoms with Gasteiger partial charge in [0.1, 0.15) is 18.0 Å². The Kier molecular flexibility index (Phi) is 6.83. The lowest BCUT2D eigenvalue weighted by Crippen LogP contribution is -2.47. The summed E-state index contributed by atoms with van der Waals surface area (Å²) in [5.41, 5.74) is 16.4. The molecule has 0 saturated carbocycles. The molecule has 10 heteroatoms. The van der Waals surface area contributed by atoms with E-state index < -0.39 is 0 Å². The van der Waals surface area contributed by atoms with Gasteiger partial charge in [0.15, 0.2) is 5.82 Å². The van der Waals surface area contributed by atoms with E-state index in [1.165, 1.54) is 0 Å². The lowest BCUT2D eigenvalue weighted by atomic mass is 10.2. The van der Waals surface area contributed by atoms with Crippen LogP contribution < -0.4 is 21.3 Å². The first-order chi connectivity index (χ1) is 15.9. The molecule has 33 heavy (non-hydrogen) atoms. The van der Waals surface area contributed by atoms with Crippen LogP contribution in [0.3, 0.4) is 0 Å². The van der Waals surface area contributed by atoms with Gasteiger partial charge in [-0.1, -0.05) is 23.4 Å². The van der Waals surface area contributed by atoms with Crippen molar-refractivity contribution in [1.29, 1.82) is 0 Å². The summed E-state index contributed by atoms with van der Waals surface area (Å²) in [6.07, 6.45) is 1.67. The van der Waals surface area contributed by atoms with Gasteiger partial charge >= 0.3 is 0 Å². The Morgan fingerprint density at radius 2 is 1.76 bits per heavy atom. The molecule has 2 heterocycles. The molecule has 0 amide bonds. The van der Waals surface area contributed by atoms with Gasteiger partial charge in [0.25, 0.3) is 0 Å². The number of aryl methyl sites for hydroxylation is 1. The monoisotopic (exact) mass is 511 g/mol. The molecular formula is C23H26BrN7O2. The van der Waals surface area contributed by atoms with E-state index in [0.717, 1.165) is 54.4 Å². The van der Waals surface area contributed by atoms with E-state index in [2.05, 4.69) is 53.0 Å². The van der Waals surface area contributed by atoms with E-state index >= 15 is 0 Å². The van der Waals surface area contributed by atoms with Gasteiger partial charge in [-0.25, -0.2) is 4.98 Å². The van der Waals surface area contributed by atoms with Crippen molar-refractivity contribution < 1.29 is 9.94 Å². The van der Waals surface area contributed by atoms with Gasteiger partial charge in [0.05, 0.1) is 16.4 Å². The summed E-state index contributed by atoms with van der Waals surface area (Å²) in [5.74, 6) is 0.808. The quantitative estimate of drug-likeness (QED) is 0.339. The van der Waals surface area contributed by atoms with Crippen molar-refractivity contribution in [2.45, 2.75) is 13.5 Å². The molecule has 0 spiro atoms. The van der Waals surface area contributed by atoms with E-state index in [0.29, 0.717) is 10.3 Å². The van der Waals surface area contributed by atoms with Crippen LogP contribution in [0, 0.1) is 6.92 Å². The molecule has 3 aromatic rings. The highest BCUT2D eigenvalue weighted by atomic mass is 79.9. The molecule has 0 bridgehead atoms. The Balaban J connectivity index is 1.30. The van der Waals surface area contributed by atoms with Crippen molar-refractivity contribution in [3.8, 4) is 5.75 Å². The van der Waals surface area contributed by atoms with Gasteiger partial charge in [0, 0.05) is 31.9 Å². The van der Waals surface area contributed by atoms with E-state index in [-0.39, 0.29) is 18.3 Å². The highest BCUT2D eigenvalue weighted by Crippen LogP contribution is 2.28. The predicted octanol–water partition coefficient (Wildman–Crippen LogP) is 3.29. The van der Waals surface area contributed by atoms with Gasteiger partial charge in [-0.15, -0.1) is 0 Å². The molecule has 0 aliphatic carbocycles. The maximum atomic E-state index is 9.71. The smallest absolute Gasteiger partial charge is 0.222 e. The van der Waals surface area contributed by atoms with Crippen LogP contribution in [0.4, 0.5) is 23.1 Å². The number of rotatable bonds is 6. The van der Waals surface area contributed by atoms with Crippen LogP contribution in [-0.2, 0) is 11.4 Å². The third-order valence-corrected chi connectivity index (χ3v) is 6.15. The van der Waals surface area contributed by atoms with Crippen molar-refractivity contribution in [3.05, 3.63) is 63.8 Å². The maximum absolute atomic E-state index is 9.71. The second-order valence-corrected chi connectivity index (χ2v) is 8.61. The Bertz CT molecular complexity index is 1120. The summed E-state index contributed by atoms with van der Waals surface area (Å²) < 4.78 is 0.648. The molecule has 1 aromatic heterocycles. The van der Waals surface area contributed by atoms with Crippen LogP contribution in [-0.4, -0.2) is 47.5 Å². The average Bonchev–Trinajstić information content (AvgIpc) is 2.79. The molecule has 4 rings (SSSR count). The molecule has 1 aliphatic heterocycles. The van der Waals surface area contributed by atoms with Crippen molar-refractivity contribution in [1.82, 2.24) is 9.97 Å². The zero-order valence-corrected chi connectivity index (χ0v) is 19.9. The molecule has 1 saturated heterocycles. The highest BCUT2D eigenvalue weighted by molar-refractivity contribution is 9.10. The van der Waals surface area contributed by atoms with Crippen molar-refractivity contribution >= 4 is 45.3 Å². The Hall–Kier alpha value is -3.53. The second-order valence-electron chi connectivity index (χ2n) is 7.76. The number of nitrogens with two attached hydrogens (primary N) is 2. The third-order valence-electron chi connectivity index (χ3n) is 5.47. The van der Waals surface area contributed by atoms with E-state index in [4.69, 9.17) is 16.3 Å². The highest BCUT2D eigenvalue weighted by Gasteiger charge is 2.22. The third kappa shape index (κ3) is 5.46. The Morgan fingerprint density at radius 3 is 2.42 bits per heavy atom. The van der Waals surface area contributed by atoms with Gasteiger partial charge in [-0.2, -0.15) is 4.98 Å². The number of benzene rings is 2. The zero-order valence-electron chi connectivity index (χ0n) is 18.3. The van der Waals surface area contributed by atoms with Crippen LogP contribution in [0.1, 0.15) is 16.8 Å². The average molecular weight is 512 g/mol. The van der Waals surface area contributed by atoms with Crippen molar-refractivity contribution in [2.24, 2.45) is 5.16 Å². The summed E-state index contributed by atoms with van der Waals surface area (Å²) in [4.78, 5) is 18.2. The van der Waals surface area contributed by atoms with Gasteiger partial charge < -0.3 is 31.2 Å². The molecule has 2 aromatic carbocycles. The molecule has 0 unspecified atom stereocenters. The fraction of sp³-hybridized carbons (Fsp3) is 0.261. The second kappa shape index (κ2) is 9.95. The molecule has 0 atom stereocenters. The molecule has 1 aliphatic rings. The van der Waals surface area contributed by atoms with Crippen LogP contribution in [0.2, 0.25) is 0 Å². The first kappa shape index (κ1) is 22.7. The molecule has 172 valence electrons. The SMILES string of the molecule is Cc1nc(N)nc(N)c1N1CCN(c2ccc(/C=N/OCc3ccc(Br)c(O)c3)cc2)CC1. The van der Waals surface area contributed by atoms with Crippen LogP contribution in [0.5, 0.6) is 5.75 Å². The summed E-state index contributed by atoms with van der Waals surface area (Å²) in [6, 6.07) is 13.5. The summed E-state index contributed by atoms with van der Waals surface area (Å²) >= 11 is 3.26. The minimum Gasteiger partial charge on any atom is -0.507 e. The maximum Gasteiger partial charge on any atom is 0.222 e. The van der Waals surface area contributed by atoms with Gasteiger partial charge in [0.2, 0.25) is 5.95 Å². The Labute approximate surface area is 200 Å².